The number of esters is 1. The number of imide groups is 1. The monoisotopic (exact) mass is 422 g/mol. The van der Waals surface area contributed by atoms with Gasteiger partial charge in [0.2, 0.25) is 11.8 Å². The number of methoxy groups -OCH3 is 1. The van der Waals surface area contributed by atoms with Crippen LogP contribution in [0.3, 0.4) is 0 Å². The number of amides is 2. The van der Waals surface area contributed by atoms with Gasteiger partial charge < -0.3 is 9.64 Å². The highest BCUT2D eigenvalue weighted by atomic mass is 35.5. The highest BCUT2D eigenvalue weighted by Crippen LogP contribution is 2.39. The first-order valence-corrected chi connectivity index (χ1v) is 11.1. The summed E-state index contributed by atoms with van der Waals surface area (Å²) in [7, 11) is 1.96. The van der Waals surface area contributed by atoms with E-state index in [2.05, 4.69) is 6.92 Å². The quantitative estimate of drug-likeness (QED) is 0.291. The van der Waals surface area contributed by atoms with E-state index >= 15 is 0 Å². The van der Waals surface area contributed by atoms with Gasteiger partial charge in [-0.05, 0) is 37.2 Å². The summed E-state index contributed by atoms with van der Waals surface area (Å²) < 4.78 is 4.80. The fraction of sp³-hybridized carbons (Fsp3) is 0.450. The van der Waals surface area contributed by atoms with Gasteiger partial charge in [-0.15, -0.1) is 8.58 Å². The van der Waals surface area contributed by atoms with Crippen LogP contribution >= 0.6 is 20.2 Å². The molecule has 28 heavy (non-hydrogen) atoms. The number of allylic oxidation sites excluding steroid dienone is 1. The third kappa shape index (κ3) is 4.08. The highest BCUT2D eigenvalue weighted by molar-refractivity contribution is 7.38. The standard InChI is InChI=1S/C20H24ClN2O4P/c1-3-28-12-22(11-18(24)27-2)17-10-13(8-9-16(17)21)23-19(25)14-6-4-5-7-15(14)20(23)26/h4,6,8-10,14-15,28H,3,5,7,11-12H2,1-2H3. The van der Waals surface area contributed by atoms with E-state index in [1.54, 1.807) is 18.2 Å². The van der Waals surface area contributed by atoms with Crippen molar-refractivity contribution in [1.82, 2.24) is 0 Å². The number of ether oxygens (including phenoxy) is 1. The van der Waals surface area contributed by atoms with Crippen LogP contribution in [0.25, 0.3) is 0 Å². The highest BCUT2D eigenvalue weighted by Gasteiger charge is 2.47. The van der Waals surface area contributed by atoms with Gasteiger partial charge in [-0.2, -0.15) is 0 Å². The molecule has 1 aromatic rings. The van der Waals surface area contributed by atoms with Crippen molar-refractivity contribution in [1.29, 1.82) is 0 Å². The Kier molecular flexibility index (Phi) is 6.73. The molecule has 0 spiro atoms. The number of rotatable bonds is 7. The number of halogens is 1. The van der Waals surface area contributed by atoms with Crippen molar-refractivity contribution in [3.05, 3.63) is 35.4 Å². The van der Waals surface area contributed by atoms with E-state index in [0.717, 1.165) is 12.6 Å². The summed E-state index contributed by atoms with van der Waals surface area (Å²) in [6, 6.07) is 5.08. The normalized spacial score (nSPS) is 21.5. The molecular formula is C20H24ClN2O4P. The molecule has 2 aliphatic rings. The molecule has 0 bridgehead atoms. The zero-order valence-corrected chi connectivity index (χ0v) is 17.7. The Bertz CT molecular complexity index is 813. The van der Waals surface area contributed by atoms with Crippen LogP contribution in [0.1, 0.15) is 19.8 Å². The summed E-state index contributed by atoms with van der Waals surface area (Å²) in [6.07, 6.45) is 6.93. The number of benzene rings is 1. The zero-order chi connectivity index (χ0) is 20.3. The lowest BCUT2D eigenvalue weighted by molar-refractivity contribution is -0.139. The van der Waals surface area contributed by atoms with E-state index in [1.165, 1.54) is 12.0 Å². The van der Waals surface area contributed by atoms with Crippen molar-refractivity contribution in [2.24, 2.45) is 11.8 Å². The second-order valence-corrected chi connectivity index (χ2v) is 8.75. The first-order chi connectivity index (χ1) is 13.5. The smallest absolute Gasteiger partial charge is 0.325 e. The second-order valence-electron chi connectivity index (χ2n) is 6.82. The minimum atomic E-state index is -0.381. The Hall–Kier alpha value is -1.91. The van der Waals surface area contributed by atoms with Gasteiger partial charge in [0.15, 0.2) is 0 Å². The Balaban J connectivity index is 1.93. The minimum Gasteiger partial charge on any atom is -0.468 e. The van der Waals surface area contributed by atoms with Crippen LogP contribution < -0.4 is 9.80 Å². The van der Waals surface area contributed by atoms with Gasteiger partial charge in [0, 0.05) is 6.29 Å². The second kappa shape index (κ2) is 9.06. The molecule has 0 saturated carbocycles. The first-order valence-electron chi connectivity index (χ1n) is 9.34. The number of hydrogen-bond acceptors (Lipinski definition) is 5. The fourth-order valence-electron chi connectivity index (χ4n) is 3.62. The molecule has 1 aromatic carbocycles. The topological polar surface area (TPSA) is 66.9 Å². The van der Waals surface area contributed by atoms with E-state index in [0.29, 0.717) is 37.7 Å². The van der Waals surface area contributed by atoms with Crippen molar-refractivity contribution >= 4 is 49.3 Å². The summed E-state index contributed by atoms with van der Waals surface area (Å²) >= 11 is 6.41. The molecule has 0 aromatic heterocycles. The lowest BCUT2D eigenvalue weighted by Gasteiger charge is -2.26. The minimum absolute atomic E-state index is 0.0581. The molecule has 1 saturated heterocycles. The molecule has 8 heteroatoms. The van der Waals surface area contributed by atoms with Crippen LogP contribution in [0, 0.1) is 11.8 Å². The average Bonchev–Trinajstić information content (AvgIpc) is 2.96. The number of anilines is 2. The molecule has 6 nitrogen and oxygen atoms in total. The molecule has 1 aliphatic carbocycles. The molecule has 0 N–H and O–H groups in total. The van der Waals surface area contributed by atoms with Gasteiger partial charge in [0.25, 0.3) is 0 Å². The van der Waals surface area contributed by atoms with E-state index in [1.807, 2.05) is 17.1 Å². The van der Waals surface area contributed by atoms with E-state index in [9.17, 15) is 14.4 Å². The van der Waals surface area contributed by atoms with Crippen molar-refractivity contribution in [3.8, 4) is 0 Å². The molecule has 3 atom stereocenters. The van der Waals surface area contributed by atoms with Crippen molar-refractivity contribution < 1.29 is 19.1 Å². The molecule has 150 valence electrons. The number of carbonyl (C=O) groups excluding carboxylic acids is 3. The first kappa shape index (κ1) is 20.8. The summed E-state index contributed by atoms with van der Waals surface area (Å²) in [6.45, 7) is 2.13. The Morgan fingerprint density at radius 3 is 2.82 bits per heavy atom. The number of nitrogens with zero attached hydrogens (tertiary/aromatic N) is 2. The maximum Gasteiger partial charge on any atom is 0.325 e. The Labute approximate surface area is 171 Å². The van der Waals surface area contributed by atoms with Crippen molar-refractivity contribution in [2.45, 2.75) is 19.8 Å². The van der Waals surface area contributed by atoms with Crippen molar-refractivity contribution in [2.75, 3.05) is 35.9 Å². The molecule has 3 unspecified atom stereocenters. The van der Waals surface area contributed by atoms with Gasteiger partial charge >= 0.3 is 5.97 Å². The van der Waals surface area contributed by atoms with Crippen LogP contribution in [0.15, 0.2) is 30.4 Å². The lowest BCUT2D eigenvalue weighted by atomic mass is 9.86. The predicted octanol–water partition coefficient (Wildman–Crippen LogP) is 3.43. The molecule has 0 radical (unpaired) electrons. The van der Waals surface area contributed by atoms with Gasteiger partial charge in [-0.1, -0.05) is 30.7 Å². The summed E-state index contributed by atoms with van der Waals surface area (Å²) in [5, 5.41) is 0.463. The van der Waals surface area contributed by atoms with Gasteiger partial charge in [0.05, 0.1) is 35.3 Å². The third-order valence-electron chi connectivity index (χ3n) is 5.09. The Morgan fingerprint density at radius 1 is 1.36 bits per heavy atom. The maximum atomic E-state index is 12.9. The maximum absolute atomic E-state index is 12.9. The van der Waals surface area contributed by atoms with Crippen LogP contribution in [0.5, 0.6) is 0 Å². The summed E-state index contributed by atoms with van der Waals surface area (Å²) in [4.78, 5) is 40.7. The molecule has 3 rings (SSSR count). The number of carbonyl (C=O) groups is 3. The molecular weight excluding hydrogens is 399 g/mol. The lowest BCUT2D eigenvalue weighted by Crippen LogP contribution is -2.32. The average molecular weight is 423 g/mol. The van der Waals surface area contributed by atoms with Crippen molar-refractivity contribution in [3.63, 3.8) is 0 Å². The number of hydrogen-bond donors (Lipinski definition) is 0. The van der Waals surface area contributed by atoms with E-state index < -0.39 is 0 Å². The SMILES string of the molecule is CCPCN(CC(=O)OC)c1cc(N2C(=O)C3C=CCCC3C2=O)ccc1Cl. The molecule has 1 heterocycles. The third-order valence-corrected chi connectivity index (χ3v) is 6.52. The van der Waals surface area contributed by atoms with Gasteiger partial charge in [0.1, 0.15) is 6.54 Å². The molecule has 2 amide bonds. The fourth-order valence-corrected chi connectivity index (χ4v) is 4.63. The number of fused-ring (bicyclic) bond motifs is 1. The Morgan fingerprint density at radius 2 is 2.14 bits per heavy atom. The summed E-state index contributed by atoms with van der Waals surface area (Å²) in [5.74, 6) is -1.40. The molecule has 1 aliphatic heterocycles. The van der Waals surface area contributed by atoms with E-state index in [4.69, 9.17) is 16.3 Å². The zero-order valence-electron chi connectivity index (χ0n) is 16.0. The van der Waals surface area contributed by atoms with Crippen LogP contribution in [-0.4, -0.2) is 43.9 Å². The van der Waals surface area contributed by atoms with E-state index in [-0.39, 0.29) is 36.2 Å². The van der Waals surface area contributed by atoms with Crippen LogP contribution in [0.2, 0.25) is 5.02 Å². The summed E-state index contributed by atoms with van der Waals surface area (Å²) in [5.41, 5.74) is 1.11. The van der Waals surface area contributed by atoms with Crippen LogP contribution in [-0.2, 0) is 19.1 Å². The predicted molar refractivity (Wildman–Crippen MR) is 112 cm³/mol. The molecule has 1 fully saturated rings. The van der Waals surface area contributed by atoms with Crippen LogP contribution in [0.4, 0.5) is 11.4 Å². The van der Waals surface area contributed by atoms with Gasteiger partial charge in [-0.3, -0.25) is 14.4 Å². The largest absolute Gasteiger partial charge is 0.468 e. The van der Waals surface area contributed by atoms with Gasteiger partial charge in [-0.25, -0.2) is 4.90 Å².